The van der Waals surface area contributed by atoms with E-state index in [4.69, 9.17) is 0 Å². The van der Waals surface area contributed by atoms with Crippen molar-refractivity contribution in [2.45, 2.75) is 19.1 Å². The molecule has 7 heteroatoms. The van der Waals surface area contributed by atoms with Crippen LogP contribution >= 0.6 is 0 Å². The number of carbonyl (C=O) groups is 1. The van der Waals surface area contributed by atoms with Crippen LogP contribution in [0.5, 0.6) is 0 Å². The molecule has 0 heterocycles. The van der Waals surface area contributed by atoms with Crippen molar-refractivity contribution in [2.75, 3.05) is 17.1 Å². The number of hydrogen-bond donors (Lipinski definition) is 2. The van der Waals surface area contributed by atoms with Crippen molar-refractivity contribution in [3.05, 3.63) is 24.3 Å². The van der Waals surface area contributed by atoms with Crippen molar-refractivity contribution in [3.8, 4) is 0 Å². The van der Waals surface area contributed by atoms with E-state index < -0.39 is 21.4 Å². The predicted molar refractivity (Wildman–Crippen MR) is 70.1 cm³/mol. The van der Waals surface area contributed by atoms with E-state index in [0.29, 0.717) is 11.4 Å². The third-order valence-corrected chi connectivity index (χ3v) is 3.96. The summed E-state index contributed by atoms with van der Waals surface area (Å²) in [6.07, 6.45) is -0.578. The average molecular weight is 272 g/mol. The van der Waals surface area contributed by atoms with Crippen molar-refractivity contribution in [1.29, 1.82) is 0 Å². The van der Waals surface area contributed by atoms with Gasteiger partial charge in [0.05, 0.1) is 12.4 Å². The quantitative estimate of drug-likeness (QED) is 0.878. The second kappa shape index (κ2) is 5.72. The summed E-state index contributed by atoms with van der Waals surface area (Å²) < 4.78 is 30.1. The maximum absolute atomic E-state index is 11.6. The van der Waals surface area contributed by atoms with Crippen molar-refractivity contribution < 1.29 is 17.9 Å². The lowest BCUT2D eigenvalue weighted by atomic mass is 10.3. The maximum atomic E-state index is 11.6. The van der Waals surface area contributed by atoms with Crippen LogP contribution in [0.4, 0.5) is 16.2 Å². The molecule has 1 aromatic carbocycles. The van der Waals surface area contributed by atoms with Gasteiger partial charge in [-0.05, 0) is 38.1 Å². The van der Waals surface area contributed by atoms with Crippen LogP contribution in [-0.4, -0.2) is 26.9 Å². The lowest BCUT2D eigenvalue weighted by Gasteiger charge is -2.11. The lowest BCUT2D eigenvalue weighted by Crippen LogP contribution is -2.22. The molecular formula is C11H16N2O4S. The summed E-state index contributed by atoms with van der Waals surface area (Å²) >= 11 is 0. The summed E-state index contributed by atoms with van der Waals surface area (Å²) in [6, 6.07) is 6.28. The standard InChI is InChI=1S/C11H16N2O4S/c1-8(2)18(15,16)13-10-6-4-9(5-7-10)12-11(14)17-3/h4-8,13H,1-3H3,(H,12,14). The molecule has 1 aromatic rings. The third-order valence-electron chi connectivity index (χ3n) is 2.20. The minimum Gasteiger partial charge on any atom is -0.453 e. The minimum atomic E-state index is -3.35. The van der Waals surface area contributed by atoms with E-state index in [9.17, 15) is 13.2 Å². The summed E-state index contributed by atoms with van der Waals surface area (Å²) in [5, 5.41) is 1.96. The lowest BCUT2D eigenvalue weighted by molar-refractivity contribution is 0.187. The zero-order chi connectivity index (χ0) is 13.8. The monoisotopic (exact) mass is 272 g/mol. The molecule has 0 aliphatic heterocycles. The molecule has 2 N–H and O–H groups in total. The van der Waals surface area contributed by atoms with Gasteiger partial charge in [-0.25, -0.2) is 13.2 Å². The van der Waals surface area contributed by atoms with Crippen LogP contribution in [0.25, 0.3) is 0 Å². The number of carbonyl (C=O) groups excluding carboxylic acids is 1. The number of methoxy groups -OCH3 is 1. The summed E-state index contributed by atoms with van der Waals surface area (Å²) in [5.74, 6) is 0. The number of sulfonamides is 1. The molecule has 0 saturated carbocycles. The molecule has 1 rings (SSSR count). The Morgan fingerprint density at radius 3 is 2.11 bits per heavy atom. The van der Waals surface area contributed by atoms with Gasteiger partial charge in [-0.2, -0.15) is 0 Å². The van der Waals surface area contributed by atoms with Crippen LogP contribution in [0, 0.1) is 0 Å². The molecule has 0 bridgehead atoms. The molecule has 0 radical (unpaired) electrons. The SMILES string of the molecule is COC(=O)Nc1ccc(NS(=O)(=O)C(C)C)cc1. The Morgan fingerprint density at radius 2 is 1.67 bits per heavy atom. The first-order valence-electron chi connectivity index (χ1n) is 5.32. The normalized spacial score (nSPS) is 11.1. The Kier molecular flexibility index (Phi) is 4.55. The molecule has 0 atom stereocenters. The molecule has 0 unspecified atom stereocenters. The number of hydrogen-bond acceptors (Lipinski definition) is 4. The van der Waals surface area contributed by atoms with E-state index in [0.717, 1.165) is 0 Å². The number of anilines is 2. The predicted octanol–water partition coefficient (Wildman–Crippen LogP) is 2.01. The van der Waals surface area contributed by atoms with Crippen molar-refractivity contribution in [2.24, 2.45) is 0 Å². The van der Waals surface area contributed by atoms with Gasteiger partial charge in [-0.15, -0.1) is 0 Å². The Labute approximate surface area is 106 Å². The number of rotatable bonds is 4. The fraction of sp³-hybridized carbons (Fsp3) is 0.364. The summed E-state index contributed by atoms with van der Waals surface area (Å²) in [5.41, 5.74) is 0.966. The Hall–Kier alpha value is -1.76. The summed E-state index contributed by atoms with van der Waals surface area (Å²) in [7, 11) is -2.09. The van der Waals surface area contributed by atoms with Crippen molar-refractivity contribution in [3.63, 3.8) is 0 Å². The van der Waals surface area contributed by atoms with E-state index in [1.54, 1.807) is 38.1 Å². The van der Waals surface area contributed by atoms with E-state index in [1.165, 1.54) is 7.11 Å². The van der Waals surface area contributed by atoms with E-state index >= 15 is 0 Å². The topological polar surface area (TPSA) is 84.5 Å². The largest absolute Gasteiger partial charge is 0.453 e. The van der Waals surface area contributed by atoms with Crippen LogP contribution in [0.15, 0.2) is 24.3 Å². The third kappa shape index (κ3) is 3.92. The minimum absolute atomic E-state index is 0.444. The first kappa shape index (κ1) is 14.3. The Balaban J connectivity index is 2.75. The van der Waals surface area contributed by atoms with Crippen LogP contribution in [0.3, 0.4) is 0 Å². The Bertz CT molecular complexity index is 508. The molecule has 0 spiro atoms. The first-order chi connectivity index (χ1) is 8.35. The zero-order valence-corrected chi connectivity index (χ0v) is 11.2. The molecular weight excluding hydrogens is 256 g/mol. The number of ether oxygens (including phenoxy) is 1. The fourth-order valence-electron chi connectivity index (χ4n) is 1.07. The second-order valence-corrected chi connectivity index (χ2v) is 6.13. The fourth-order valence-corrected chi connectivity index (χ4v) is 1.77. The van der Waals surface area contributed by atoms with Gasteiger partial charge in [0.1, 0.15) is 0 Å². The molecule has 0 aliphatic carbocycles. The van der Waals surface area contributed by atoms with Gasteiger partial charge in [0.25, 0.3) is 0 Å². The van der Waals surface area contributed by atoms with Gasteiger partial charge in [0.15, 0.2) is 0 Å². The highest BCUT2D eigenvalue weighted by Crippen LogP contribution is 2.16. The van der Waals surface area contributed by atoms with Gasteiger partial charge in [-0.1, -0.05) is 0 Å². The van der Waals surface area contributed by atoms with Crippen molar-refractivity contribution in [1.82, 2.24) is 0 Å². The molecule has 100 valence electrons. The Morgan fingerprint density at radius 1 is 1.17 bits per heavy atom. The molecule has 1 amide bonds. The van der Waals surface area contributed by atoms with Crippen LogP contribution < -0.4 is 10.0 Å². The molecule has 0 aliphatic rings. The molecule has 0 fully saturated rings. The van der Waals surface area contributed by atoms with Crippen LogP contribution in [0.1, 0.15) is 13.8 Å². The molecule has 6 nitrogen and oxygen atoms in total. The van der Waals surface area contributed by atoms with Gasteiger partial charge >= 0.3 is 6.09 Å². The van der Waals surface area contributed by atoms with Gasteiger partial charge in [-0.3, -0.25) is 10.0 Å². The van der Waals surface area contributed by atoms with Gasteiger partial charge in [0.2, 0.25) is 10.0 Å². The van der Waals surface area contributed by atoms with Crippen molar-refractivity contribution >= 4 is 27.5 Å². The van der Waals surface area contributed by atoms with Gasteiger partial charge in [0, 0.05) is 11.4 Å². The average Bonchev–Trinajstić information content (AvgIpc) is 2.31. The first-order valence-corrected chi connectivity index (χ1v) is 6.86. The number of amides is 1. The van der Waals surface area contributed by atoms with E-state index in [1.807, 2.05) is 0 Å². The number of nitrogens with one attached hydrogen (secondary N) is 2. The second-order valence-electron chi connectivity index (χ2n) is 3.89. The summed E-state index contributed by atoms with van der Waals surface area (Å²) in [6.45, 7) is 3.19. The highest BCUT2D eigenvalue weighted by molar-refractivity contribution is 7.93. The maximum Gasteiger partial charge on any atom is 0.411 e. The smallest absolute Gasteiger partial charge is 0.411 e. The van der Waals surface area contributed by atoms with Gasteiger partial charge < -0.3 is 4.74 Å². The molecule has 18 heavy (non-hydrogen) atoms. The highest BCUT2D eigenvalue weighted by Gasteiger charge is 2.15. The molecule has 0 aromatic heterocycles. The highest BCUT2D eigenvalue weighted by atomic mass is 32.2. The van der Waals surface area contributed by atoms with Crippen LogP contribution in [0.2, 0.25) is 0 Å². The van der Waals surface area contributed by atoms with E-state index in [2.05, 4.69) is 14.8 Å². The van der Waals surface area contributed by atoms with E-state index in [-0.39, 0.29) is 0 Å². The van der Waals surface area contributed by atoms with Crippen LogP contribution in [-0.2, 0) is 14.8 Å². The zero-order valence-electron chi connectivity index (χ0n) is 10.4. The number of benzene rings is 1. The molecule has 0 saturated heterocycles. The summed E-state index contributed by atoms with van der Waals surface area (Å²) in [4.78, 5) is 10.9.